The van der Waals surface area contributed by atoms with E-state index in [1.54, 1.807) is 30.0 Å². The molecule has 1 aliphatic rings. The van der Waals surface area contributed by atoms with E-state index in [0.29, 0.717) is 17.1 Å². The van der Waals surface area contributed by atoms with Crippen LogP contribution in [0.4, 0.5) is 11.4 Å². The lowest BCUT2D eigenvalue weighted by atomic mass is 9.87. The molecule has 1 aromatic heterocycles. The van der Waals surface area contributed by atoms with Gasteiger partial charge in [0.05, 0.1) is 22.9 Å². The molecule has 9 heteroatoms. The fourth-order valence-electron chi connectivity index (χ4n) is 3.57. The summed E-state index contributed by atoms with van der Waals surface area (Å²) in [6.07, 6.45) is 10.2. The van der Waals surface area contributed by atoms with E-state index in [2.05, 4.69) is 110 Å². The molecular weight excluding hydrogens is 701 g/mol. The summed E-state index contributed by atoms with van der Waals surface area (Å²) in [5, 5.41) is 5.66. The minimum atomic E-state index is -0.151. The van der Waals surface area contributed by atoms with Gasteiger partial charge in [0, 0.05) is 15.4 Å². The number of aromatic nitrogens is 1. The topological polar surface area (TPSA) is 88.2 Å². The molecule has 0 radical (unpaired) electrons. The number of terminal acetylenes is 2. The van der Waals surface area contributed by atoms with Crippen molar-refractivity contribution >= 4 is 74.4 Å². The number of rotatable bonds is 3. The average Bonchev–Trinajstić information content (AvgIpc) is 2.96. The number of nitrogens with one attached hydrogen (secondary N) is 2. The summed E-state index contributed by atoms with van der Waals surface area (Å²) in [6, 6.07) is 17.5. The smallest absolute Gasteiger partial charge is 0.234 e. The van der Waals surface area contributed by atoms with E-state index < -0.39 is 0 Å². The van der Waals surface area contributed by atoms with Gasteiger partial charge >= 0.3 is 0 Å². The van der Waals surface area contributed by atoms with E-state index in [1.165, 1.54) is 22.9 Å². The van der Waals surface area contributed by atoms with E-state index in [-0.39, 0.29) is 33.5 Å². The zero-order chi connectivity index (χ0) is 33.1. The van der Waals surface area contributed by atoms with Gasteiger partial charge in [-0.15, -0.1) is 24.6 Å². The van der Waals surface area contributed by atoms with Gasteiger partial charge in [0.2, 0.25) is 11.8 Å². The molecule has 4 rings (SSSR count). The molecule has 0 bridgehead atoms. The Balaban J connectivity index is 0.000000241. The molecule has 6 nitrogen and oxygen atoms in total. The van der Waals surface area contributed by atoms with Crippen molar-refractivity contribution in [1.29, 1.82) is 0 Å². The highest BCUT2D eigenvalue weighted by atomic mass is 127. The van der Waals surface area contributed by atoms with Crippen molar-refractivity contribution in [1.82, 2.24) is 4.98 Å². The van der Waals surface area contributed by atoms with Crippen molar-refractivity contribution in [3.8, 4) is 24.7 Å². The summed E-state index contributed by atoms with van der Waals surface area (Å²) >= 11 is 4.85. The molecular formula is C35H38IN3O3S2. The third-order valence-corrected chi connectivity index (χ3v) is 8.80. The first kappa shape index (κ1) is 36.9. The molecule has 3 aromatic rings. The fraction of sp³-hybridized carbons (Fsp3) is 0.314. The number of nitrogens with zero attached hydrogens (tertiary/aromatic N) is 1. The molecule has 0 saturated carbocycles. The molecule has 0 spiro atoms. The van der Waals surface area contributed by atoms with Crippen molar-refractivity contribution < 1.29 is 14.4 Å². The van der Waals surface area contributed by atoms with E-state index in [0.717, 1.165) is 26.7 Å². The largest absolute Gasteiger partial charge is 0.324 e. The Hall–Kier alpha value is -3.25. The first-order valence-corrected chi connectivity index (χ1v) is 16.8. The number of halogens is 1. The highest BCUT2D eigenvalue weighted by Gasteiger charge is 2.20. The van der Waals surface area contributed by atoms with Gasteiger partial charge in [0.15, 0.2) is 5.12 Å². The molecule has 2 amide bonds. The molecule has 2 aromatic carbocycles. The van der Waals surface area contributed by atoms with Crippen LogP contribution in [0, 0.1) is 28.3 Å². The molecule has 2 N–H and O–H groups in total. The summed E-state index contributed by atoms with van der Waals surface area (Å²) in [5.41, 5.74) is 5.69. The molecule has 0 fully saturated rings. The van der Waals surface area contributed by atoms with Crippen LogP contribution < -0.4 is 10.6 Å². The van der Waals surface area contributed by atoms with Crippen LogP contribution in [-0.2, 0) is 25.2 Å². The van der Waals surface area contributed by atoms with Crippen LogP contribution in [0.5, 0.6) is 0 Å². The molecule has 0 saturated heterocycles. The van der Waals surface area contributed by atoms with Gasteiger partial charge in [-0.25, -0.2) is 4.98 Å². The number of amides is 2. The van der Waals surface area contributed by atoms with Crippen LogP contribution in [0.15, 0.2) is 59.5 Å². The Morgan fingerprint density at radius 1 is 0.977 bits per heavy atom. The zero-order valence-electron chi connectivity index (χ0n) is 26.1. The molecule has 44 heavy (non-hydrogen) atoms. The first-order valence-electron chi connectivity index (χ1n) is 13.7. The second-order valence-corrected chi connectivity index (χ2v) is 15.1. The molecule has 0 aliphatic carbocycles. The minimum absolute atomic E-state index is 0.0482. The van der Waals surface area contributed by atoms with Crippen molar-refractivity contribution in [2.24, 2.45) is 0 Å². The van der Waals surface area contributed by atoms with Gasteiger partial charge < -0.3 is 10.6 Å². The third kappa shape index (κ3) is 12.4. The number of hydrogen-bond donors (Lipinski definition) is 2. The van der Waals surface area contributed by atoms with E-state index in [9.17, 15) is 14.4 Å². The summed E-state index contributed by atoms with van der Waals surface area (Å²) in [4.78, 5) is 38.8. The van der Waals surface area contributed by atoms with Crippen molar-refractivity contribution in [3.05, 3.63) is 80.7 Å². The maximum Gasteiger partial charge on any atom is 0.234 e. The van der Waals surface area contributed by atoms with Crippen LogP contribution in [0.3, 0.4) is 0 Å². The van der Waals surface area contributed by atoms with Crippen molar-refractivity contribution in [2.75, 3.05) is 22.1 Å². The predicted molar refractivity (Wildman–Crippen MR) is 194 cm³/mol. The lowest BCUT2D eigenvalue weighted by Crippen LogP contribution is -2.19. The second kappa shape index (κ2) is 16.7. The standard InChI is InChI=1S/C14H18INO2S.C12H15NOS.C9H5N/c1-9(17)19-8-13(18)16-12-6-5-10(7-11(12)15)14(2,3)4;1-12(2,3)8-4-5-9-10(6-8)15-7-11(14)13-9;1-3-8-6-5-7-9(4-2)10-8/h5-7H,8H2,1-4H3,(H,16,18);4-6H,7H2,1-3H3,(H,13,14);1-2,5-7H. The monoisotopic (exact) mass is 739 g/mol. The molecule has 0 atom stereocenters. The molecule has 2 heterocycles. The van der Waals surface area contributed by atoms with Crippen molar-refractivity contribution in [2.45, 2.75) is 64.2 Å². The van der Waals surface area contributed by atoms with Gasteiger partial charge in [-0.1, -0.05) is 83.3 Å². The number of carbonyl (C=O) groups excluding carboxylic acids is 3. The number of anilines is 2. The van der Waals surface area contributed by atoms with Crippen LogP contribution in [0.25, 0.3) is 0 Å². The van der Waals surface area contributed by atoms with E-state index >= 15 is 0 Å². The van der Waals surface area contributed by atoms with Gasteiger partial charge in [0.25, 0.3) is 0 Å². The number of carbonyl (C=O) groups is 3. The Morgan fingerprint density at radius 3 is 2.07 bits per heavy atom. The Bertz CT molecular complexity index is 1560. The van der Waals surface area contributed by atoms with E-state index in [1.807, 2.05) is 18.2 Å². The number of fused-ring (bicyclic) bond motifs is 1. The minimum Gasteiger partial charge on any atom is -0.324 e. The van der Waals surface area contributed by atoms with Gasteiger partial charge in [-0.3, -0.25) is 14.4 Å². The lowest BCUT2D eigenvalue weighted by molar-refractivity contribution is -0.114. The van der Waals surface area contributed by atoms with Crippen LogP contribution in [0.1, 0.15) is 71.0 Å². The first-order chi connectivity index (χ1) is 20.5. The third-order valence-electron chi connectivity index (χ3n) is 6.04. The fourth-order valence-corrected chi connectivity index (χ4v) is 5.47. The maximum absolute atomic E-state index is 11.7. The van der Waals surface area contributed by atoms with Gasteiger partial charge in [-0.05, 0) is 80.9 Å². The van der Waals surface area contributed by atoms with Gasteiger partial charge in [-0.2, -0.15) is 0 Å². The van der Waals surface area contributed by atoms with Crippen molar-refractivity contribution in [3.63, 3.8) is 0 Å². The molecule has 230 valence electrons. The predicted octanol–water partition coefficient (Wildman–Crippen LogP) is 7.88. The Kier molecular flexibility index (Phi) is 14.0. The van der Waals surface area contributed by atoms with Gasteiger partial charge in [0.1, 0.15) is 11.4 Å². The second-order valence-electron chi connectivity index (χ2n) is 11.8. The number of hydrogen-bond acceptors (Lipinski definition) is 6. The lowest BCUT2D eigenvalue weighted by Gasteiger charge is -2.23. The zero-order valence-corrected chi connectivity index (χ0v) is 29.9. The highest BCUT2D eigenvalue weighted by molar-refractivity contribution is 14.1. The summed E-state index contributed by atoms with van der Waals surface area (Å²) < 4.78 is 1.01. The summed E-state index contributed by atoms with van der Waals surface area (Å²) in [7, 11) is 0. The summed E-state index contributed by atoms with van der Waals surface area (Å²) in [6.45, 7) is 14.5. The Morgan fingerprint density at radius 2 is 1.55 bits per heavy atom. The SMILES string of the molecule is C#Cc1cccc(C#C)n1.CC(=O)SCC(=O)Nc1ccc(C(C)(C)C)cc1I.CC(C)(C)c1ccc2c(c1)SCC(=O)N2. The maximum atomic E-state index is 11.7. The molecule has 0 unspecified atom stereocenters. The van der Waals surface area contributed by atoms with E-state index in [4.69, 9.17) is 12.8 Å². The quantitative estimate of drug-likeness (QED) is 0.210. The molecule has 1 aliphatic heterocycles. The average molecular weight is 740 g/mol. The Labute approximate surface area is 283 Å². The summed E-state index contributed by atoms with van der Waals surface area (Å²) in [5.74, 6) is 5.42. The highest BCUT2D eigenvalue weighted by Crippen LogP contribution is 2.35. The van der Waals surface area contributed by atoms with Crippen LogP contribution in [0.2, 0.25) is 0 Å². The number of benzene rings is 2. The number of thioether (sulfide) groups is 2. The van der Waals surface area contributed by atoms with Crippen LogP contribution in [-0.4, -0.2) is 33.4 Å². The number of pyridine rings is 1. The normalized spacial score (nSPS) is 12.0. The van der Waals surface area contributed by atoms with Crippen LogP contribution >= 0.6 is 46.1 Å².